The Labute approximate surface area is 85.3 Å². The van der Waals surface area contributed by atoms with Crippen LogP contribution in [0.2, 0.25) is 0 Å². The van der Waals surface area contributed by atoms with E-state index in [-0.39, 0.29) is 13.2 Å². The van der Waals surface area contributed by atoms with Crippen molar-refractivity contribution in [3.8, 4) is 0 Å². The van der Waals surface area contributed by atoms with Crippen LogP contribution >= 0.6 is 0 Å². The number of rotatable bonds is 4. The zero-order valence-corrected chi connectivity index (χ0v) is 9.26. The molecule has 1 aliphatic rings. The fourth-order valence-electron chi connectivity index (χ4n) is 1.63. The van der Waals surface area contributed by atoms with Crippen molar-refractivity contribution in [3.63, 3.8) is 0 Å². The molecule has 84 valence electrons. The first-order chi connectivity index (χ1) is 6.56. The maximum atomic E-state index is 11.6. The van der Waals surface area contributed by atoms with Crippen molar-refractivity contribution >= 4 is 10.2 Å². The van der Waals surface area contributed by atoms with Gasteiger partial charge in [-0.3, -0.25) is 0 Å². The third-order valence-corrected chi connectivity index (χ3v) is 3.94. The fraction of sp³-hybridized carbons (Fsp3) is 1.00. The Balaban J connectivity index is 2.53. The first kappa shape index (κ1) is 11.9. The Morgan fingerprint density at radius 2 is 2.29 bits per heavy atom. The smallest absolute Gasteiger partial charge is 0.279 e. The monoisotopic (exact) mass is 222 g/mol. The first-order valence-corrected chi connectivity index (χ1v) is 6.36. The summed E-state index contributed by atoms with van der Waals surface area (Å²) < 4.78 is 27.0. The highest BCUT2D eigenvalue weighted by Crippen LogP contribution is 2.17. The number of aliphatic hydroxyl groups excluding tert-OH is 1. The Kier molecular flexibility index (Phi) is 4.31. The van der Waals surface area contributed by atoms with Gasteiger partial charge < -0.3 is 5.11 Å². The lowest BCUT2D eigenvalue weighted by atomic mass is 10.0. The Bertz CT molecular complexity index is 266. The molecule has 0 aromatic carbocycles. The van der Waals surface area contributed by atoms with E-state index < -0.39 is 10.2 Å². The second-order valence-corrected chi connectivity index (χ2v) is 5.48. The van der Waals surface area contributed by atoms with Crippen LogP contribution in [0.25, 0.3) is 0 Å². The van der Waals surface area contributed by atoms with Gasteiger partial charge in [0, 0.05) is 19.6 Å². The maximum absolute atomic E-state index is 11.6. The largest absolute Gasteiger partial charge is 0.395 e. The summed E-state index contributed by atoms with van der Waals surface area (Å²) in [4.78, 5) is 0. The van der Waals surface area contributed by atoms with Crippen molar-refractivity contribution in [2.75, 3.05) is 26.2 Å². The summed E-state index contributed by atoms with van der Waals surface area (Å²) in [6, 6.07) is 0. The summed E-state index contributed by atoms with van der Waals surface area (Å²) in [7, 11) is -3.36. The second kappa shape index (κ2) is 5.06. The van der Waals surface area contributed by atoms with E-state index in [2.05, 4.69) is 4.72 Å². The van der Waals surface area contributed by atoms with Gasteiger partial charge in [-0.05, 0) is 18.8 Å². The third-order valence-electron chi connectivity index (χ3n) is 2.36. The van der Waals surface area contributed by atoms with E-state index >= 15 is 0 Å². The highest BCUT2D eigenvalue weighted by molar-refractivity contribution is 7.87. The standard InChI is InChI=1S/C8H18N2O3S/c1-8-3-2-5-10(7-8)14(12,13)9-4-6-11/h8-9,11H,2-7H2,1H3. The Morgan fingerprint density at radius 1 is 1.57 bits per heavy atom. The molecule has 2 N–H and O–H groups in total. The average Bonchev–Trinajstić information content (AvgIpc) is 2.15. The summed E-state index contributed by atoms with van der Waals surface area (Å²) >= 11 is 0. The Hall–Kier alpha value is -0.170. The van der Waals surface area contributed by atoms with Crippen LogP contribution in [0.5, 0.6) is 0 Å². The second-order valence-electron chi connectivity index (χ2n) is 3.73. The van der Waals surface area contributed by atoms with Crippen molar-refractivity contribution in [1.29, 1.82) is 0 Å². The first-order valence-electron chi connectivity index (χ1n) is 4.92. The molecule has 1 unspecified atom stereocenters. The van der Waals surface area contributed by atoms with E-state index in [1.165, 1.54) is 4.31 Å². The van der Waals surface area contributed by atoms with Gasteiger partial charge in [0.1, 0.15) is 0 Å². The molecule has 0 radical (unpaired) electrons. The third kappa shape index (κ3) is 3.20. The number of nitrogens with zero attached hydrogens (tertiary/aromatic N) is 1. The van der Waals surface area contributed by atoms with E-state index in [0.29, 0.717) is 19.0 Å². The maximum Gasteiger partial charge on any atom is 0.279 e. The quantitative estimate of drug-likeness (QED) is 0.676. The molecule has 1 saturated heterocycles. The van der Waals surface area contributed by atoms with Gasteiger partial charge in [-0.1, -0.05) is 6.92 Å². The predicted octanol–water partition coefficient (Wildman–Crippen LogP) is -0.455. The molecule has 0 amide bonds. The van der Waals surface area contributed by atoms with Crippen LogP contribution in [0.4, 0.5) is 0 Å². The average molecular weight is 222 g/mol. The van der Waals surface area contributed by atoms with Gasteiger partial charge in [0.25, 0.3) is 10.2 Å². The Morgan fingerprint density at radius 3 is 2.86 bits per heavy atom. The number of hydrogen-bond donors (Lipinski definition) is 2. The van der Waals surface area contributed by atoms with Crippen LogP contribution < -0.4 is 4.72 Å². The zero-order valence-electron chi connectivity index (χ0n) is 8.44. The SMILES string of the molecule is CC1CCCN(S(=O)(=O)NCCO)C1. The van der Waals surface area contributed by atoms with Gasteiger partial charge in [0.2, 0.25) is 0 Å². The lowest BCUT2D eigenvalue weighted by molar-refractivity contribution is 0.272. The minimum absolute atomic E-state index is 0.0905. The van der Waals surface area contributed by atoms with E-state index in [9.17, 15) is 8.42 Å². The molecule has 5 nitrogen and oxygen atoms in total. The van der Waals surface area contributed by atoms with Gasteiger partial charge in [0.15, 0.2) is 0 Å². The molecule has 0 aliphatic carbocycles. The highest BCUT2D eigenvalue weighted by Gasteiger charge is 2.26. The van der Waals surface area contributed by atoms with Gasteiger partial charge in [0.05, 0.1) is 6.61 Å². The molecule has 1 aliphatic heterocycles. The van der Waals surface area contributed by atoms with Crippen LogP contribution in [-0.4, -0.2) is 44.1 Å². The van der Waals surface area contributed by atoms with Crippen LogP contribution in [-0.2, 0) is 10.2 Å². The number of nitrogens with one attached hydrogen (secondary N) is 1. The molecule has 1 rings (SSSR count). The molecule has 0 aromatic heterocycles. The summed E-state index contributed by atoms with van der Waals surface area (Å²) in [5, 5.41) is 8.53. The molecular weight excluding hydrogens is 204 g/mol. The summed E-state index contributed by atoms with van der Waals surface area (Å²) in [5.74, 6) is 0.425. The molecule has 1 atom stereocenters. The van der Waals surface area contributed by atoms with Crippen molar-refractivity contribution in [2.24, 2.45) is 5.92 Å². The van der Waals surface area contributed by atoms with Crippen LogP contribution in [0.15, 0.2) is 0 Å². The van der Waals surface area contributed by atoms with Crippen LogP contribution in [0.3, 0.4) is 0 Å². The molecule has 0 bridgehead atoms. The number of piperidine rings is 1. The summed E-state index contributed by atoms with van der Waals surface area (Å²) in [6.07, 6.45) is 2.01. The fourth-order valence-corrected chi connectivity index (χ4v) is 2.98. The number of hydrogen-bond acceptors (Lipinski definition) is 3. The van der Waals surface area contributed by atoms with Crippen molar-refractivity contribution in [1.82, 2.24) is 9.03 Å². The summed E-state index contributed by atoms with van der Waals surface area (Å²) in [6.45, 7) is 3.15. The van der Waals surface area contributed by atoms with Crippen molar-refractivity contribution < 1.29 is 13.5 Å². The number of aliphatic hydroxyl groups is 1. The molecule has 1 heterocycles. The van der Waals surface area contributed by atoms with Crippen molar-refractivity contribution in [3.05, 3.63) is 0 Å². The lowest BCUT2D eigenvalue weighted by Crippen LogP contribution is -2.46. The zero-order chi connectivity index (χ0) is 10.6. The van der Waals surface area contributed by atoms with Gasteiger partial charge >= 0.3 is 0 Å². The van der Waals surface area contributed by atoms with Crippen LogP contribution in [0, 0.1) is 5.92 Å². The molecule has 0 aromatic rings. The molecule has 6 heteroatoms. The topological polar surface area (TPSA) is 69.6 Å². The molecule has 0 saturated carbocycles. The summed E-state index contributed by atoms with van der Waals surface area (Å²) in [5.41, 5.74) is 0. The van der Waals surface area contributed by atoms with Gasteiger partial charge in [-0.25, -0.2) is 0 Å². The van der Waals surface area contributed by atoms with Gasteiger partial charge in [-0.2, -0.15) is 17.4 Å². The van der Waals surface area contributed by atoms with E-state index in [1.54, 1.807) is 0 Å². The lowest BCUT2D eigenvalue weighted by Gasteiger charge is -2.29. The van der Waals surface area contributed by atoms with Crippen molar-refractivity contribution in [2.45, 2.75) is 19.8 Å². The molecule has 14 heavy (non-hydrogen) atoms. The molecule has 0 spiro atoms. The molecule has 1 fully saturated rings. The minimum atomic E-state index is -3.36. The van der Waals surface area contributed by atoms with E-state index in [4.69, 9.17) is 5.11 Å². The van der Waals surface area contributed by atoms with Gasteiger partial charge in [-0.15, -0.1) is 0 Å². The predicted molar refractivity (Wildman–Crippen MR) is 54.0 cm³/mol. The normalized spacial score (nSPS) is 25.1. The van der Waals surface area contributed by atoms with Crippen LogP contribution in [0.1, 0.15) is 19.8 Å². The van der Waals surface area contributed by atoms with E-state index in [0.717, 1.165) is 12.8 Å². The van der Waals surface area contributed by atoms with E-state index in [1.807, 2.05) is 6.92 Å². The molecular formula is C8H18N2O3S. The highest BCUT2D eigenvalue weighted by atomic mass is 32.2. The minimum Gasteiger partial charge on any atom is -0.395 e.